The van der Waals surface area contributed by atoms with Crippen LogP contribution in [0.4, 0.5) is 5.69 Å². The topological polar surface area (TPSA) is 61.4 Å². The zero-order valence-electron chi connectivity index (χ0n) is 15.1. The fourth-order valence-corrected chi connectivity index (χ4v) is 5.58. The van der Waals surface area contributed by atoms with Gasteiger partial charge in [-0.3, -0.25) is 0 Å². The highest BCUT2D eigenvalue weighted by Crippen LogP contribution is 2.31. The Morgan fingerprint density at radius 3 is 2.67 bits per heavy atom. The quantitative estimate of drug-likeness (QED) is 0.820. The Bertz CT molecular complexity index is 927. The van der Waals surface area contributed by atoms with Crippen LogP contribution in [0.3, 0.4) is 0 Å². The number of hydrogen-bond donors (Lipinski definition) is 2. The molecule has 0 amide bonds. The molecule has 0 spiro atoms. The number of halogens is 1. The van der Waals surface area contributed by atoms with E-state index in [9.17, 15) is 8.42 Å². The van der Waals surface area contributed by atoms with E-state index in [0.29, 0.717) is 5.02 Å². The molecule has 0 aromatic heterocycles. The molecule has 7 heteroatoms. The van der Waals surface area contributed by atoms with Gasteiger partial charge in [-0.05, 0) is 54.7 Å². The lowest BCUT2D eigenvalue weighted by Gasteiger charge is -2.34. The summed E-state index contributed by atoms with van der Waals surface area (Å²) in [4.78, 5) is 2.65. The Hall–Kier alpha value is -1.60. The van der Waals surface area contributed by atoms with Crippen LogP contribution in [0.1, 0.15) is 17.5 Å². The Kier molecular flexibility index (Phi) is 5.41. The second-order valence-corrected chi connectivity index (χ2v) is 9.32. The van der Waals surface area contributed by atoms with E-state index in [1.54, 1.807) is 18.2 Å². The summed E-state index contributed by atoms with van der Waals surface area (Å²) in [6.45, 7) is 4.04. The van der Waals surface area contributed by atoms with Crippen LogP contribution in [0.15, 0.2) is 47.4 Å². The molecule has 0 saturated carbocycles. The van der Waals surface area contributed by atoms with Gasteiger partial charge in [-0.1, -0.05) is 29.8 Å². The van der Waals surface area contributed by atoms with Crippen LogP contribution in [0.25, 0.3) is 0 Å². The van der Waals surface area contributed by atoms with Gasteiger partial charge in [-0.25, -0.2) is 13.1 Å². The molecule has 1 fully saturated rings. The van der Waals surface area contributed by atoms with Crippen molar-refractivity contribution in [1.82, 2.24) is 10.0 Å². The first kappa shape index (κ1) is 18.7. The predicted molar refractivity (Wildman–Crippen MR) is 109 cm³/mol. The Balaban J connectivity index is 1.52. The number of hydrogen-bond acceptors (Lipinski definition) is 4. The number of piperazine rings is 1. The van der Waals surface area contributed by atoms with Crippen LogP contribution >= 0.6 is 11.6 Å². The van der Waals surface area contributed by atoms with E-state index in [-0.39, 0.29) is 10.9 Å². The van der Waals surface area contributed by atoms with Gasteiger partial charge < -0.3 is 10.2 Å². The van der Waals surface area contributed by atoms with Crippen molar-refractivity contribution in [2.45, 2.75) is 30.2 Å². The van der Waals surface area contributed by atoms with Gasteiger partial charge in [-0.15, -0.1) is 0 Å². The lowest BCUT2D eigenvalue weighted by Crippen LogP contribution is -2.44. The van der Waals surface area contributed by atoms with Gasteiger partial charge in [0.2, 0.25) is 10.0 Å². The van der Waals surface area contributed by atoms with E-state index in [1.165, 1.54) is 22.9 Å². The molecule has 0 bridgehead atoms. The summed E-state index contributed by atoms with van der Waals surface area (Å²) in [6, 6.07) is 12.7. The number of rotatable bonds is 4. The van der Waals surface area contributed by atoms with E-state index >= 15 is 0 Å². The van der Waals surface area contributed by atoms with Crippen molar-refractivity contribution in [2.24, 2.45) is 0 Å². The minimum Gasteiger partial charge on any atom is -0.369 e. The van der Waals surface area contributed by atoms with E-state index in [4.69, 9.17) is 11.6 Å². The third kappa shape index (κ3) is 4.14. The Morgan fingerprint density at radius 1 is 1.11 bits per heavy atom. The molecular weight excluding hydrogens is 382 g/mol. The van der Waals surface area contributed by atoms with Crippen molar-refractivity contribution in [3.63, 3.8) is 0 Å². The molecule has 2 aromatic rings. The van der Waals surface area contributed by atoms with E-state index in [1.807, 2.05) is 0 Å². The molecule has 2 N–H and O–H groups in total. The van der Waals surface area contributed by atoms with Crippen LogP contribution in [0, 0.1) is 0 Å². The molecule has 27 heavy (non-hydrogen) atoms. The molecule has 1 aliphatic carbocycles. The standard InChI is InChI=1S/C20H24ClN3O2S/c21-16-4-2-5-18(14-16)27(25,26)23-17-7-8-19-15(13-17)3-1-6-20(19)24-11-9-22-10-12-24/h1-6,14,17,22-23H,7-13H2. The summed E-state index contributed by atoms with van der Waals surface area (Å²) in [5.74, 6) is 0. The molecule has 2 aromatic carbocycles. The number of fused-ring (bicyclic) bond motifs is 1. The van der Waals surface area contributed by atoms with Gasteiger partial charge in [0.25, 0.3) is 0 Å². The minimum atomic E-state index is -3.57. The van der Waals surface area contributed by atoms with Gasteiger partial charge in [0.1, 0.15) is 0 Å². The lowest BCUT2D eigenvalue weighted by molar-refractivity contribution is 0.506. The van der Waals surface area contributed by atoms with Crippen LogP contribution in [-0.2, 0) is 22.9 Å². The number of nitrogens with one attached hydrogen (secondary N) is 2. The zero-order valence-corrected chi connectivity index (χ0v) is 16.7. The highest BCUT2D eigenvalue weighted by molar-refractivity contribution is 7.89. The number of anilines is 1. The van der Waals surface area contributed by atoms with Crippen molar-refractivity contribution >= 4 is 27.3 Å². The van der Waals surface area contributed by atoms with E-state index in [2.05, 4.69) is 33.1 Å². The molecule has 2 aliphatic rings. The summed E-state index contributed by atoms with van der Waals surface area (Å²) in [7, 11) is -3.57. The second-order valence-electron chi connectivity index (χ2n) is 7.17. The fourth-order valence-electron chi connectivity index (χ4n) is 4.01. The van der Waals surface area contributed by atoms with Crippen LogP contribution in [-0.4, -0.2) is 40.6 Å². The molecule has 0 radical (unpaired) electrons. The SMILES string of the molecule is O=S(=O)(NC1CCc2c(cccc2N2CCNCC2)C1)c1cccc(Cl)c1. The molecule has 5 nitrogen and oxygen atoms in total. The monoisotopic (exact) mass is 405 g/mol. The maximum atomic E-state index is 12.7. The molecule has 1 unspecified atom stereocenters. The van der Waals surface area contributed by atoms with Crippen LogP contribution in [0.5, 0.6) is 0 Å². The highest BCUT2D eigenvalue weighted by Gasteiger charge is 2.27. The fraction of sp³-hybridized carbons (Fsp3) is 0.400. The molecule has 1 atom stereocenters. The van der Waals surface area contributed by atoms with Gasteiger partial charge in [0, 0.05) is 42.9 Å². The molecule has 4 rings (SSSR count). The van der Waals surface area contributed by atoms with E-state index in [0.717, 1.165) is 45.4 Å². The van der Waals surface area contributed by atoms with Crippen molar-refractivity contribution in [3.05, 3.63) is 58.6 Å². The molecule has 1 aliphatic heterocycles. The first-order valence-corrected chi connectivity index (χ1v) is 11.2. The van der Waals surface area contributed by atoms with Crippen LogP contribution in [0.2, 0.25) is 5.02 Å². The Labute approximate surface area is 165 Å². The van der Waals surface area contributed by atoms with Gasteiger partial charge in [0.05, 0.1) is 4.90 Å². The highest BCUT2D eigenvalue weighted by atomic mass is 35.5. The number of nitrogens with zero attached hydrogens (tertiary/aromatic N) is 1. The Morgan fingerprint density at radius 2 is 1.89 bits per heavy atom. The number of sulfonamides is 1. The average Bonchev–Trinajstić information content (AvgIpc) is 2.68. The second kappa shape index (κ2) is 7.80. The molecule has 1 heterocycles. The molecule has 144 valence electrons. The first-order chi connectivity index (χ1) is 13.0. The average molecular weight is 406 g/mol. The van der Waals surface area contributed by atoms with Gasteiger partial charge >= 0.3 is 0 Å². The number of benzene rings is 2. The van der Waals surface area contributed by atoms with Crippen LogP contribution < -0.4 is 14.9 Å². The molecular formula is C20H24ClN3O2S. The summed E-state index contributed by atoms with van der Waals surface area (Å²) in [6.07, 6.45) is 2.41. The third-order valence-corrected chi connectivity index (χ3v) is 7.10. The lowest BCUT2D eigenvalue weighted by atomic mass is 9.87. The summed E-state index contributed by atoms with van der Waals surface area (Å²) in [5.41, 5.74) is 3.93. The van der Waals surface area contributed by atoms with Crippen molar-refractivity contribution in [2.75, 3.05) is 31.1 Å². The zero-order chi connectivity index (χ0) is 18.9. The van der Waals surface area contributed by atoms with Crippen molar-refractivity contribution < 1.29 is 8.42 Å². The normalized spacial score (nSPS) is 20.3. The maximum absolute atomic E-state index is 12.7. The van der Waals surface area contributed by atoms with Crippen molar-refractivity contribution in [3.8, 4) is 0 Å². The smallest absolute Gasteiger partial charge is 0.240 e. The minimum absolute atomic E-state index is 0.0974. The first-order valence-electron chi connectivity index (χ1n) is 9.37. The predicted octanol–water partition coefficient (Wildman–Crippen LogP) is 2.59. The molecule has 1 saturated heterocycles. The van der Waals surface area contributed by atoms with Gasteiger partial charge in [0.15, 0.2) is 0 Å². The summed E-state index contributed by atoms with van der Waals surface area (Å²) >= 11 is 5.95. The van der Waals surface area contributed by atoms with Crippen molar-refractivity contribution in [1.29, 1.82) is 0 Å². The summed E-state index contributed by atoms with van der Waals surface area (Å²) < 4.78 is 28.3. The van der Waals surface area contributed by atoms with E-state index < -0.39 is 10.0 Å². The maximum Gasteiger partial charge on any atom is 0.240 e. The summed E-state index contributed by atoms with van der Waals surface area (Å²) in [5, 5.41) is 3.81. The van der Waals surface area contributed by atoms with Gasteiger partial charge in [-0.2, -0.15) is 0 Å². The third-order valence-electron chi connectivity index (χ3n) is 5.34. The largest absolute Gasteiger partial charge is 0.369 e.